The zero-order chi connectivity index (χ0) is 19.8. The Morgan fingerprint density at radius 1 is 1.33 bits per heavy atom. The maximum atomic E-state index is 12.3. The predicted molar refractivity (Wildman–Crippen MR) is 92.2 cm³/mol. The van der Waals surface area contributed by atoms with E-state index in [-0.39, 0.29) is 0 Å². The summed E-state index contributed by atoms with van der Waals surface area (Å²) in [5, 5.41) is 10.3. The Labute approximate surface area is 159 Å². The van der Waals surface area contributed by atoms with E-state index in [2.05, 4.69) is 20.2 Å². The van der Waals surface area contributed by atoms with E-state index in [9.17, 15) is 18.0 Å². The molecule has 27 heavy (non-hydrogen) atoms. The van der Waals surface area contributed by atoms with Gasteiger partial charge in [-0.15, -0.1) is 11.3 Å². The van der Waals surface area contributed by atoms with Crippen molar-refractivity contribution < 1.29 is 27.9 Å². The number of nitrogens with zero attached hydrogens (tertiary/aromatic N) is 3. The van der Waals surface area contributed by atoms with Gasteiger partial charge in [-0.1, -0.05) is 0 Å². The minimum atomic E-state index is -5.08. The number of carboxylic acids is 1. The summed E-state index contributed by atoms with van der Waals surface area (Å²) >= 11 is 1.67. The summed E-state index contributed by atoms with van der Waals surface area (Å²) in [6, 6.07) is 0.908. The van der Waals surface area contributed by atoms with Gasteiger partial charge in [0, 0.05) is 37.0 Å². The second kappa shape index (κ2) is 7.75. The summed E-state index contributed by atoms with van der Waals surface area (Å²) in [4.78, 5) is 30.4. The van der Waals surface area contributed by atoms with Gasteiger partial charge in [0.25, 0.3) is 0 Å². The molecule has 10 heteroatoms. The topological polar surface area (TPSA) is 73.7 Å². The molecule has 0 radical (unpaired) electrons. The maximum absolute atomic E-state index is 12.3. The summed E-state index contributed by atoms with van der Waals surface area (Å²) in [5.74, 6) is -1.52. The molecule has 2 atom stereocenters. The fourth-order valence-electron chi connectivity index (χ4n) is 3.73. The van der Waals surface area contributed by atoms with Crippen molar-refractivity contribution >= 4 is 23.2 Å². The predicted octanol–water partition coefficient (Wildman–Crippen LogP) is 2.67. The third kappa shape index (κ3) is 4.98. The molecule has 2 saturated heterocycles. The van der Waals surface area contributed by atoms with Crippen LogP contribution in [0.2, 0.25) is 0 Å². The maximum Gasteiger partial charge on any atom is 0.490 e. The van der Waals surface area contributed by atoms with Crippen molar-refractivity contribution in [1.29, 1.82) is 0 Å². The summed E-state index contributed by atoms with van der Waals surface area (Å²) < 4.78 is 31.7. The number of fused-ring (bicyclic) bond motifs is 1. The Morgan fingerprint density at radius 2 is 2.00 bits per heavy atom. The van der Waals surface area contributed by atoms with Crippen molar-refractivity contribution in [3.63, 3.8) is 0 Å². The van der Waals surface area contributed by atoms with Crippen LogP contribution < -0.4 is 0 Å². The van der Waals surface area contributed by atoms with Crippen LogP contribution in [0.15, 0.2) is 5.38 Å². The summed E-state index contributed by atoms with van der Waals surface area (Å²) in [5.41, 5.74) is 1.06. The first kappa shape index (κ1) is 20.1. The molecule has 1 aromatic rings. The summed E-state index contributed by atoms with van der Waals surface area (Å²) in [7, 11) is 0. The van der Waals surface area contributed by atoms with Crippen molar-refractivity contribution in [3.8, 4) is 0 Å². The molecule has 1 amide bonds. The lowest BCUT2D eigenvalue weighted by Gasteiger charge is -2.25. The van der Waals surface area contributed by atoms with Gasteiger partial charge in [0.2, 0.25) is 5.91 Å². The van der Waals surface area contributed by atoms with Crippen molar-refractivity contribution in [2.24, 2.45) is 5.92 Å². The van der Waals surface area contributed by atoms with Crippen LogP contribution >= 0.6 is 11.3 Å². The Morgan fingerprint density at radius 3 is 2.52 bits per heavy atom. The number of amides is 1. The largest absolute Gasteiger partial charge is 0.490 e. The second-order valence-corrected chi connectivity index (χ2v) is 8.31. The number of aromatic nitrogens is 1. The lowest BCUT2D eigenvalue weighted by Crippen LogP contribution is -2.37. The Kier molecular flexibility index (Phi) is 5.76. The minimum Gasteiger partial charge on any atom is -0.475 e. The van der Waals surface area contributed by atoms with Crippen molar-refractivity contribution in [3.05, 3.63) is 16.1 Å². The number of halogens is 3. The molecule has 1 saturated carbocycles. The van der Waals surface area contributed by atoms with Gasteiger partial charge in [-0.3, -0.25) is 9.69 Å². The van der Waals surface area contributed by atoms with Crippen LogP contribution in [0.3, 0.4) is 0 Å². The van der Waals surface area contributed by atoms with E-state index in [4.69, 9.17) is 9.90 Å². The first-order chi connectivity index (χ1) is 12.6. The number of aliphatic carboxylic acids is 1. The van der Waals surface area contributed by atoms with Gasteiger partial charge in [-0.25, -0.2) is 9.78 Å². The molecule has 0 aromatic carbocycles. The highest BCUT2D eigenvalue weighted by molar-refractivity contribution is 7.09. The highest BCUT2D eigenvalue weighted by atomic mass is 32.1. The van der Waals surface area contributed by atoms with Crippen LogP contribution in [0.4, 0.5) is 13.2 Å². The van der Waals surface area contributed by atoms with Gasteiger partial charge in [0.15, 0.2) is 0 Å². The number of alkyl halides is 3. The van der Waals surface area contributed by atoms with Crippen molar-refractivity contribution in [1.82, 2.24) is 14.8 Å². The van der Waals surface area contributed by atoms with E-state index < -0.39 is 12.1 Å². The first-order valence-electron chi connectivity index (χ1n) is 8.89. The van der Waals surface area contributed by atoms with E-state index >= 15 is 0 Å². The second-order valence-electron chi connectivity index (χ2n) is 7.25. The number of rotatable bonds is 4. The van der Waals surface area contributed by atoms with Crippen LogP contribution in [0.1, 0.15) is 36.4 Å². The Hall–Kier alpha value is -1.68. The molecule has 4 rings (SSSR count). The number of hydrogen-bond acceptors (Lipinski definition) is 5. The fraction of sp³-hybridized carbons (Fsp3) is 0.706. The summed E-state index contributed by atoms with van der Waals surface area (Å²) in [6.45, 7) is 5.13. The number of carbonyl (C=O) groups is 2. The third-order valence-corrected chi connectivity index (χ3v) is 5.98. The molecule has 6 nitrogen and oxygen atoms in total. The summed E-state index contributed by atoms with van der Waals surface area (Å²) in [6.07, 6.45) is -0.431. The molecule has 0 spiro atoms. The SMILES string of the molecule is Cc1nc(CN2C(=O)C[C@@H]3[C@@H]2CCN3CC2CC2)cs1.O=C(O)C(F)(F)F. The highest BCUT2D eigenvalue weighted by Crippen LogP contribution is 2.37. The third-order valence-electron chi connectivity index (χ3n) is 5.16. The molecular weight excluding hydrogens is 383 g/mol. The zero-order valence-electron chi connectivity index (χ0n) is 14.9. The molecule has 3 heterocycles. The average Bonchev–Trinajstić information content (AvgIpc) is 3.05. The number of hydrogen-bond donors (Lipinski definition) is 1. The molecule has 1 N–H and O–H groups in total. The van der Waals surface area contributed by atoms with Crippen molar-refractivity contribution in [2.45, 2.75) is 57.4 Å². The first-order valence-corrected chi connectivity index (χ1v) is 9.77. The normalized spacial score (nSPS) is 25.3. The van der Waals surface area contributed by atoms with E-state index in [0.29, 0.717) is 24.5 Å². The highest BCUT2D eigenvalue weighted by Gasteiger charge is 2.47. The Bertz CT molecular complexity index is 705. The monoisotopic (exact) mass is 405 g/mol. The van der Waals surface area contributed by atoms with E-state index in [1.807, 2.05) is 6.92 Å². The van der Waals surface area contributed by atoms with Gasteiger partial charge >= 0.3 is 12.1 Å². The molecule has 0 unspecified atom stereocenters. The smallest absolute Gasteiger partial charge is 0.475 e. The van der Waals surface area contributed by atoms with Crippen LogP contribution in [0.25, 0.3) is 0 Å². The molecular formula is C17H22F3N3O3S. The van der Waals surface area contributed by atoms with Crippen LogP contribution in [0.5, 0.6) is 0 Å². The lowest BCUT2D eigenvalue weighted by molar-refractivity contribution is -0.192. The number of thiazole rings is 1. The standard InChI is InChI=1S/C15H21N3OS.C2HF3O2/c1-10-16-12(9-20-10)8-18-13-4-5-17(7-11-2-3-11)14(13)6-15(18)19;3-2(4,5)1(6)7/h9,11,13-14H,2-8H2,1H3;(H,6,7)/t13-,14+;/m0./s1. The van der Waals surface area contributed by atoms with Gasteiger partial charge in [0.05, 0.1) is 17.2 Å². The lowest BCUT2D eigenvalue weighted by atomic mass is 10.1. The quantitative estimate of drug-likeness (QED) is 0.834. The zero-order valence-corrected chi connectivity index (χ0v) is 15.7. The van der Waals surface area contributed by atoms with E-state index in [1.54, 1.807) is 11.3 Å². The average molecular weight is 405 g/mol. The number of carbonyl (C=O) groups excluding carboxylic acids is 1. The van der Waals surface area contributed by atoms with Crippen molar-refractivity contribution in [2.75, 3.05) is 13.1 Å². The van der Waals surface area contributed by atoms with E-state index in [0.717, 1.165) is 29.5 Å². The molecule has 3 aliphatic rings. The minimum absolute atomic E-state index is 0.325. The molecule has 3 fully saturated rings. The molecule has 2 aliphatic heterocycles. The molecule has 1 aromatic heterocycles. The van der Waals surface area contributed by atoms with Gasteiger partial charge in [0.1, 0.15) is 0 Å². The number of likely N-dealkylation sites (tertiary alicyclic amines) is 2. The molecule has 0 bridgehead atoms. The van der Waals surface area contributed by atoms with E-state index in [1.165, 1.54) is 25.9 Å². The number of aryl methyl sites for hydroxylation is 1. The fourth-order valence-corrected chi connectivity index (χ4v) is 4.33. The molecule has 1 aliphatic carbocycles. The van der Waals surface area contributed by atoms with Gasteiger partial charge in [-0.05, 0) is 32.1 Å². The van der Waals surface area contributed by atoms with Gasteiger partial charge in [-0.2, -0.15) is 13.2 Å². The van der Waals surface area contributed by atoms with Crippen LogP contribution in [-0.4, -0.2) is 63.1 Å². The van der Waals surface area contributed by atoms with Crippen LogP contribution in [-0.2, 0) is 16.1 Å². The van der Waals surface area contributed by atoms with Gasteiger partial charge < -0.3 is 10.0 Å². The Balaban J connectivity index is 0.000000260. The van der Waals surface area contributed by atoms with Crippen LogP contribution in [0, 0.1) is 12.8 Å². The number of carboxylic acid groups (broad SMARTS) is 1. The molecule has 150 valence electrons.